The van der Waals surface area contributed by atoms with E-state index in [1.165, 1.54) is 12.1 Å². The average molecular weight is 235 g/mol. The van der Waals surface area contributed by atoms with Gasteiger partial charge in [0.25, 0.3) is 0 Å². The van der Waals surface area contributed by atoms with Crippen LogP contribution in [0, 0.1) is 0 Å². The van der Waals surface area contributed by atoms with Crippen LogP contribution in [0.1, 0.15) is 43.0 Å². The Kier molecular flexibility index (Phi) is 5.20. The van der Waals surface area contributed by atoms with Gasteiger partial charge in [-0.1, -0.05) is 19.8 Å². The number of aromatic carboxylic acids is 1. The van der Waals surface area contributed by atoms with E-state index in [1.54, 1.807) is 12.1 Å². The fourth-order valence-electron chi connectivity index (χ4n) is 1.46. The van der Waals surface area contributed by atoms with E-state index in [4.69, 9.17) is 5.11 Å². The molecule has 0 spiro atoms. The maximum absolute atomic E-state index is 11.5. The molecule has 0 aliphatic carbocycles. The quantitative estimate of drug-likeness (QED) is 0.745. The molecule has 17 heavy (non-hydrogen) atoms. The summed E-state index contributed by atoms with van der Waals surface area (Å²) in [4.78, 5) is 22.1. The zero-order chi connectivity index (χ0) is 12.7. The third-order valence-corrected chi connectivity index (χ3v) is 2.42. The molecule has 0 aliphatic rings. The molecule has 1 rings (SSSR count). The fourth-order valence-corrected chi connectivity index (χ4v) is 1.46. The van der Waals surface area contributed by atoms with Crippen molar-refractivity contribution in [3.63, 3.8) is 0 Å². The Morgan fingerprint density at radius 2 is 1.82 bits per heavy atom. The van der Waals surface area contributed by atoms with Crippen LogP contribution in [0.4, 0.5) is 5.69 Å². The van der Waals surface area contributed by atoms with E-state index in [9.17, 15) is 9.59 Å². The molecule has 0 bridgehead atoms. The van der Waals surface area contributed by atoms with Gasteiger partial charge in [0.15, 0.2) is 0 Å². The van der Waals surface area contributed by atoms with Crippen molar-refractivity contribution in [3.05, 3.63) is 29.8 Å². The monoisotopic (exact) mass is 235 g/mol. The average Bonchev–Trinajstić information content (AvgIpc) is 2.30. The molecule has 1 amide bonds. The number of carbonyl (C=O) groups is 2. The summed E-state index contributed by atoms with van der Waals surface area (Å²) in [6.45, 7) is 2.09. The van der Waals surface area contributed by atoms with Gasteiger partial charge in [-0.3, -0.25) is 4.79 Å². The van der Waals surface area contributed by atoms with Crippen LogP contribution >= 0.6 is 0 Å². The molecule has 1 aromatic rings. The van der Waals surface area contributed by atoms with Gasteiger partial charge in [0.1, 0.15) is 0 Å². The Labute approximate surface area is 101 Å². The molecule has 0 atom stereocenters. The van der Waals surface area contributed by atoms with Crippen molar-refractivity contribution in [1.29, 1.82) is 0 Å². The predicted molar refractivity (Wildman–Crippen MR) is 66.2 cm³/mol. The summed E-state index contributed by atoms with van der Waals surface area (Å²) in [5, 5.41) is 11.4. The molecule has 0 saturated heterocycles. The van der Waals surface area contributed by atoms with Gasteiger partial charge < -0.3 is 10.4 Å². The first-order chi connectivity index (χ1) is 8.13. The Bertz CT molecular complexity index is 384. The first-order valence-corrected chi connectivity index (χ1v) is 5.76. The number of carboxylic acids is 1. The van der Waals surface area contributed by atoms with Crippen LogP contribution in [-0.2, 0) is 4.79 Å². The highest BCUT2D eigenvalue weighted by atomic mass is 16.4. The van der Waals surface area contributed by atoms with Gasteiger partial charge in [0, 0.05) is 12.1 Å². The van der Waals surface area contributed by atoms with E-state index in [2.05, 4.69) is 12.2 Å². The molecule has 1 aromatic carbocycles. The zero-order valence-corrected chi connectivity index (χ0v) is 9.90. The lowest BCUT2D eigenvalue weighted by Crippen LogP contribution is -2.11. The number of anilines is 1. The van der Waals surface area contributed by atoms with Crippen molar-refractivity contribution in [1.82, 2.24) is 0 Å². The van der Waals surface area contributed by atoms with Crippen LogP contribution < -0.4 is 5.32 Å². The van der Waals surface area contributed by atoms with E-state index in [0.717, 1.165) is 19.3 Å². The first kappa shape index (κ1) is 13.2. The van der Waals surface area contributed by atoms with Crippen molar-refractivity contribution in [2.75, 3.05) is 5.32 Å². The van der Waals surface area contributed by atoms with Crippen LogP contribution in [0.2, 0.25) is 0 Å². The number of carboxylic acid groups (broad SMARTS) is 1. The number of amides is 1. The second kappa shape index (κ2) is 6.68. The van der Waals surface area contributed by atoms with Crippen LogP contribution in [0.25, 0.3) is 0 Å². The van der Waals surface area contributed by atoms with Crippen molar-refractivity contribution >= 4 is 17.6 Å². The molecule has 4 nitrogen and oxygen atoms in total. The van der Waals surface area contributed by atoms with E-state index in [0.29, 0.717) is 12.1 Å². The van der Waals surface area contributed by atoms with E-state index in [1.807, 2.05) is 0 Å². The number of hydrogen-bond acceptors (Lipinski definition) is 2. The summed E-state index contributed by atoms with van der Waals surface area (Å²) in [6.07, 6.45) is 3.52. The Morgan fingerprint density at radius 1 is 1.18 bits per heavy atom. The summed E-state index contributed by atoms with van der Waals surface area (Å²) in [5.74, 6) is -0.993. The molecule has 0 unspecified atom stereocenters. The maximum Gasteiger partial charge on any atom is 0.335 e. The predicted octanol–water partition coefficient (Wildman–Crippen LogP) is 2.90. The van der Waals surface area contributed by atoms with Gasteiger partial charge in [-0.15, -0.1) is 0 Å². The number of benzene rings is 1. The first-order valence-electron chi connectivity index (χ1n) is 5.76. The number of hydrogen-bond donors (Lipinski definition) is 2. The lowest BCUT2D eigenvalue weighted by Gasteiger charge is -2.05. The summed E-state index contributed by atoms with van der Waals surface area (Å²) >= 11 is 0. The van der Waals surface area contributed by atoms with Gasteiger partial charge in [-0.05, 0) is 30.7 Å². The molecule has 0 saturated carbocycles. The SMILES string of the molecule is CCCCCC(=O)Nc1ccc(C(=O)O)cc1. The molecule has 0 fully saturated rings. The summed E-state index contributed by atoms with van der Waals surface area (Å²) in [7, 11) is 0. The Hall–Kier alpha value is -1.84. The second-order valence-electron chi connectivity index (χ2n) is 3.89. The van der Waals surface area contributed by atoms with E-state index >= 15 is 0 Å². The largest absolute Gasteiger partial charge is 0.478 e. The molecule has 4 heteroatoms. The van der Waals surface area contributed by atoms with E-state index < -0.39 is 5.97 Å². The smallest absolute Gasteiger partial charge is 0.335 e. The zero-order valence-electron chi connectivity index (χ0n) is 9.90. The van der Waals surface area contributed by atoms with Gasteiger partial charge >= 0.3 is 5.97 Å². The lowest BCUT2D eigenvalue weighted by atomic mass is 10.2. The highest BCUT2D eigenvalue weighted by Crippen LogP contribution is 2.10. The highest BCUT2D eigenvalue weighted by molar-refractivity contribution is 5.92. The minimum atomic E-state index is -0.967. The maximum atomic E-state index is 11.5. The number of carbonyl (C=O) groups excluding carboxylic acids is 1. The Balaban J connectivity index is 2.46. The fraction of sp³-hybridized carbons (Fsp3) is 0.385. The van der Waals surface area contributed by atoms with Gasteiger partial charge in [0.05, 0.1) is 5.56 Å². The van der Waals surface area contributed by atoms with Gasteiger partial charge in [-0.25, -0.2) is 4.79 Å². The van der Waals surface area contributed by atoms with Gasteiger partial charge in [0.2, 0.25) is 5.91 Å². The molecule has 0 radical (unpaired) electrons. The van der Waals surface area contributed by atoms with Crippen LogP contribution in [0.15, 0.2) is 24.3 Å². The van der Waals surface area contributed by atoms with Crippen LogP contribution in [-0.4, -0.2) is 17.0 Å². The molecule has 2 N–H and O–H groups in total. The molecular formula is C13H17NO3. The number of rotatable bonds is 6. The minimum absolute atomic E-state index is 0.0264. The normalized spacial score (nSPS) is 9.94. The topological polar surface area (TPSA) is 66.4 Å². The minimum Gasteiger partial charge on any atom is -0.478 e. The molecule has 0 heterocycles. The van der Waals surface area contributed by atoms with Crippen LogP contribution in [0.3, 0.4) is 0 Å². The number of nitrogens with one attached hydrogen (secondary N) is 1. The third-order valence-electron chi connectivity index (χ3n) is 2.42. The summed E-state index contributed by atoms with van der Waals surface area (Å²) in [6, 6.07) is 6.15. The summed E-state index contributed by atoms with van der Waals surface area (Å²) in [5.41, 5.74) is 0.852. The van der Waals surface area contributed by atoms with Crippen molar-refractivity contribution in [2.24, 2.45) is 0 Å². The molecule has 92 valence electrons. The van der Waals surface area contributed by atoms with Crippen molar-refractivity contribution < 1.29 is 14.7 Å². The highest BCUT2D eigenvalue weighted by Gasteiger charge is 2.04. The summed E-state index contributed by atoms with van der Waals surface area (Å²) < 4.78 is 0. The molecular weight excluding hydrogens is 218 g/mol. The van der Waals surface area contributed by atoms with Crippen molar-refractivity contribution in [2.45, 2.75) is 32.6 Å². The van der Waals surface area contributed by atoms with Crippen molar-refractivity contribution in [3.8, 4) is 0 Å². The second-order valence-corrected chi connectivity index (χ2v) is 3.89. The van der Waals surface area contributed by atoms with Crippen LogP contribution in [0.5, 0.6) is 0 Å². The van der Waals surface area contributed by atoms with E-state index in [-0.39, 0.29) is 11.5 Å². The van der Waals surface area contributed by atoms with Gasteiger partial charge in [-0.2, -0.15) is 0 Å². The lowest BCUT2D eigenvalue weighted by molar-refractivity contribution is -0.116. The standard InChI is InChI=1S/C13H17NO3/c1-2-3-4-5-12(15)14-11-8-6-10(7-9-11)13(16)17/h6-9H,2-5H2,1H3,(H,14,15)(H,16,17). The Morgan fingerprint density at radius 3 is 2.35 bits per heavy atom. The molecule has 0 aromatic heterocycles. The number of unbranched alkanes of at least 4 members (excludes halogenated alkanes) is 2. The molecule has 0 aliphatic heterocycles. The third kappa shape index (κ3) is 4.68.